The van der Waals surface area contributed by atoms with Crippen LogP contribution in [-0.2, 0) is 4.79 Å². The van der Waals surface area contributed by atoms with Crippen LogP contribution in [0.15, 0.2) is 48.5 Å². The summed E-state index contributed by atoms with van der Waals surface area (Å²) >= 11 is 0. The van der Waals surface area contributed by atoms with Gasteiger partial charge in [-0.1, -0.05) is 6.07 Å². The second-order valence-corrected chi connectivity index (χ2v) is 7.60. The van der Waals surface area contributed by atoms with Gasteiger partial charge in [-0.25, -0.2) is 0 Å². The van der Waals surface area contributed by atoms with Gasteiger partial charge in [-0.05, 0) is 48.0 Å². The summed E-state index contributed by atoms with van der Waals surface area (Å²) < 4.78 is 15.6. The van der Waals surface area contributed by atoms with E-state index in [1.165, 1.54) is 0 Å². The van der Waals surface area contributed by atoms with Gasteiger partial charge in [-0.15, -0.1) is 0 Å². The molecule has 1 N–H and O–H groups in total. The molecule has 0 saturated carbocycles. The van der Waals surface area contributed by atoms with Crippen LogP contribution in [0.1, 0.15) is 15.9 Å². The molecule has 1 aliphatic heterocycles. The lowest BCUT2D eigenvalue weighted by atomic mass is 10.2. The molecule has 0 radical (unpaired) electrons. The van der Waals surface area contributed by atoms with E-state index in [0.29, 0.717) is 36.7 Å². The van der Waals surface area contributed by atoms with Crippen LogP contribution in [0.4, 0.5) is 0 Å². The zero-order chi connectivity index (χ0) is 23.6. The minimum absolute atomic E-state index is 0.0164. The van der Waals surface area contributed by atoms with Crippen molar-refractivity contribution in [3.05, 3.63) is 59.7 Å². The van der Waals surface area contributed by atoms with E-state index in [0.717, 1.165) is 30.9 Å². The first kappa shape index (κ1) is 24.1. The van der Waals surface area contributed by atoms with Gasteiger partial charge < -0.3 is 24.4 Å². The number of nitrogens with one attached hydrogen (secondary N) is 1. The highest BCUT2D eigenvalue weighted by atomic mass is 16.5. The molecule has 1 heterocycles. The molecular weight excluding hydrogens is 422 g/mol. The Kier molecular flexibility index (Phi) is 8.71. The number of nitrogens with zero attached hydrogens (tertiary/aromatic N) is 2. The van der Waals surface area contributed by atoms with E-state index < -0.39 is 0 Å². The lowest BCUT2D eigenvalue weighted by Gasteiger charge is -2.34. The van der Waals surface area contributed by atoms with Crippen molar-refractivity contribution in [3.63, 3.8) is 0 Å². The Bertz CT molecular complexity index is 967. The quantitative estimate of drug-likeness (QED) is 0.587. The van der Waals surface area contributed by atoms with Gasteiger partial charge >= 0.3 is 0 Å². The summed E-state index contributed by atoms with van der Waals surface area (Å²) in [6.07, 6.45) is 3.37. The van der Waals surface area contributed by atoms with Crippen molar-refractivity contribution in [1.82, 2.24) is 15.1 Å². The smallest absolute Gasteiger partial charge is 0.251 e. The number of ether oxygens (including phenoxy) is 3. The first-order chi connectivity index (χ1) is 16.0. The van der Waals surface area contributed by atoms with E-state index in [4.69, 9.17) is 14.2 Å². The van der Waals surface area contributed by atoms with Crippen molar-refractivity contribution >= 4 is 17.9 Å². The highest BCUT2D eigenvalue weighted by Crippen LogP contribution is 2.28. The van der Waals surface area contributed by atoms with Gasteiger partial charge in [0, 0.05) is 50.9 Å². The summed E-state index contributed by atoms with van der Waals surface area (Å²) in [4.78, 5) is 28.9. The lowest BCUT2D eigenvalue weighted by molar-refractivity contribution is -0.127. The Hall–Kier alpha value is -3.52. The van der Waals surface area contributed by atoms with Crippen LogP contribution < -0.4 is 19.5 Å². The van der Waals surface area contributed by atoms with Crippen molar-refractivity contribution in [2.45, 2.75) is 0 Å². The van der Waals surface area contributed by atoms with Crippen molar-refractivity contribution < 1.29 is 23.8 Å². The molecule has 1 aliphatic rings. The number of carbonyl (C=O) groups is 2. The third-order valence-corrected chi connectivity index (χ3v) is 5.58. The molecule has 2 aromatic rings. The van der Waals surface area contributed by atoms with Crippen LogP contribution in [-0.4, -0.2) is 82.2 Å². The van der Waals surface area contributed by atoms with Crippen molar-refractivity contribution in [2.24, 2.45) is 0 Å². The van der Waals surface area contributed by atoms with E-state index in [1.54, 1.807) is 57.7 Å². The van der Waals surface area contributed by atoms with Gasteiger partial charge in [0.15, 0.2) is 11.5 Å². The molecule has 0 bridgehead atoms. The summed E-state index contributed by atoms with van der Waals surface area (Å²) in [5, 5.41) is 2.94. The second kappa shape index (κ2) is 11.9. The third-order valence-electron chi connectivity index (χ3n) is 5.58. The average molecular weight is 454 g/mol. The van der Waals surface area contributed by atoms with Crippen LogP contribution in [0.25, 0.3) is 6.08 Å². The predicted octanol–water partition coefficient (Wildman–Crippen LogP) is 2.30. The zero-order valence-corrected chi connectivity index (χ0v) is 19.4. The normalized spacial score (nSPS) is 14.2. The second-order valence-electron chi connectivity index (χ2n) is 7.60. The number of carbonyl (C=O) groups excluding carboxylic acids is 2. The SMILES string of the molecule is COc1ccc(C(=O)NCCN2CCN(C(=O)/C=C/c3ccc(OC)c(OC)c3)CC2)cc1. The van der Waals surface area contributed by atoms with Crippen molar-refractivity contribution in [1.29, 1.82) is 0 Å². The molecule has 1 fully saturated rings. The van der Waals surface area contributed by atoms with E-state index in [-0.39, 0.29) is 11.8 Å². The Balaban J connectivity index is 1.40. The van der Waals surface area contributed by atoms with Crippen LogP contribution >= 0.6 is 0 Å². The van der Waals surface area contributed by atoms with Gasteiger partial charge in [0.05, 0.1) is 21.3 Å². The monoisotopic (exact) mass is 453 g/mol. The summed E-state index contributed by atoms with van der Waals surface area (Å²) in [5.41, 5.74) is 1.47. The molecule has 1 saturated heterocycles. The molecular formula is C25H31N3O5. The minimum atomic E-state index is -0.105. The zero-order valence-electron chi connectivity index (χ0n) is 19.4. The molecule has 0 aromatic heterocycles. The number of hydrogen-bond acceptors (Lipinski definition) is 6. The molecule has 2 aromatic carbocycles. The molecule has 33 heavy (non-hydrogen) atoms. The van der Waals surface area contributed by atoms with Crippen LogP contribution in [0.2, 0.25) is 0 Å². The Labute approximate surface area is 194 Å². The Morgan fingerprint density at radius 2 is 1.61 bits per heavy atom. The van der Waals surface area contributed by atoms with E-state index >= 15 is 0 Å². The van der Waals surface area contributed by atoms with Gasteiger partial charge in [0.1, 0.15) is 5.75 Å². The molecule has 0 unspecified atom stereocenters. The highest BCUT2D eigenvalue weighted by Gasteiger charge is 2.19. The molecule has 0 aliphatic carbocycles. The van der Waals surface area contributed by atoms with E-state index in [9.17, 15) is 9.59 Å². The average Bonchev–Trinajstić information content (AvgIpc) is 2.87. The number of piperazine rings is 1. The highest BCUT2D eigenvalue weighted by molar-refractivity contribution is 5.94. The summed E-state index contributed by atoms with van der Waals surface area (Å²) in [7, 11) is 4.77. The topological polar surface area (TPSA) is 80.3 Å². The van der Waals surface area contributed by atoms with Crippen LogP contribution in [0.3, 0.4) is 0 Å². The Morgan fingerprint density at radius 3 is 2.24 bits per heavy atom. The van der Waals surface area contributed by atoms with Crippen molar-refractivity contribution in [3.8, 4) is 17.2 Å². The Morgan fingerprint density at radius 1 is 0.909 bits per heavy atom. The molecule has 8 nitrogen and oxygen atoms in total. The van der Waals surface area contributed by atoms with Crippen LogP contribution in [0.5, 0.6) is 17.2 Å². The molecule has 8 heteroatoms. The van der Waals surface area contributed by atoms with Gasteiger partial charge in [0.25, 0.3) is 5.91 Å². The van der Waals surface area contributed by atoms with E-state index in [1.807, 2.05) is 23.1 Å². The third kappa shape index (κ3) is 6.73. The predicted molar refractivity (Wildman–Crippen MR) is 127 cm³/mol. The maximum Gasteiger partial charge on any atom is 0.251 e. The fraction of sp³-hybridized carbons (Fsp3) is 0.360. The van der Waals surface area contributed by atoms with Crippen LogP contribution in [0, 0.1) is 0 Å². The maximum absolute atomic E-state index is 12.6. The number of benzene rings is 2. The van der Waals surface area contributed by atoms with E-state index in [2.05, 4.69) is 10.2 Å². The first-order valence-corrected chi connectivity index (χ1v) is 10.9. The standard InChI is InChI=1S/C25H31N3O5/c1-31-21-8-6-20(7-9-21)25(30)26-12-13-27-14-16-28(17-15-27)24(29)11-5-19-4-10-22(32-2)23(18-19)33-3/h4-11,18H,12-17H2,1-3H3,(H,26,30)/b11-5+. The largest absolute Gasteiger partial charge is 0.497 e. The van der Waals surface area contributed by atoms with Gasteiger partial charge in [-0.3, -0.25) is 14.5 Å². The summed E-state index contributed by atoms with van der Waals surface area (Å²) in [6, 6.07) is 12.6. The van der Waals surface area contributed by atoms with Gasteiger partial charge in [0.2, 0.25) is 5.91 Å². The molecule has 3 rings (SSSR count). The molecule has 0 spiro atoms. The number of rotatable bonds is 9. The molecule has 176 valence electrons. The fourth-order valence-electron chi connectivity index (χ4n) is 3.59. The number of amides is 2. The fourth-order valence-corrected chi connectivity index (χ4v) is 3.59. The maximum atomic E-state index is 12.6. The first-order valence-electron chi connectivity index (χ1n) is 10.9. The molecule has 0 atom stereocenters. The number of hydrogen-bond donors (Lipinski definition) is 1. The molecule has 2 amide bonds. The van der Waals surface area contributed by atoms with Gasteiger partial charge in [-0.2, -0.15) is 0 Å². The summed E-state index contributed by atoms with van der Waals surface area (Å²) in [6.45, 7) is 4.15. The minimum Gasteiger partial charge on any atom is -0.497 e. The number of methoxy groups -OCH3 is 3. The summed E-state index contributed by atoms with van der Waals surface area (Å²) in [5.74, 6) is 1.87. The van der Waals surface area contributed by atoms with Crippen molar-refractivity contribution in [2.75, 3.05) is 60.6 Å². The lowest BCUT2D eigenvalue weighted by Crippen LogP contribution is -2.49.